The Morgan fingerprint density at radius 3 is 2.35 bits per heavy atom. The third-order valence-electron chi connectivity index (χ3n) is 8.44. The quantitative estimate of drug-likeness (QED) is 0.206. The fourth-order valence-electron chi connectivity index (χ4n) is 5.82. The van der Waals surface area contributed by atoms with Crippen LogP contribution in [0.25, 0.3) is 0 Å². The second-order valence-corrected chi connectivity index (χ2v) is 13.2. The van der Waals surface area contributed by atoms with Gasteiger partial charge in [-0.05, 0) is 54.7 Å². The number of benzene rings is 4. The molecule has 4 aromatic rings. The normalized spacial score (nSPS) is 16.9. The molecule has 2 aliphatic heterocycles. The van der Waals surface area contributed by atoms with E-state index in [0.717, 1.165) is 39.6 Å². The molecule has 0 radical (unpaired) electrons. The first-order valence-corrected chi connectivity index (χ1v) is 16.7. The third-order valence-corrected chi connectivity index (χ3v) is 10.2. The van der Waals surface area contributed by atoms with Crippen LogP contribution in [-0.2, 0) is 29.6 Å². The maximum absolute atomic E-state index is 13.0. The van der Waals surface area contributed by atoms with Crippen LogP contribution < -0.4 is 14.2 Å². The highest BCUT2D eigenvalue weighted by Crippen LogP contribution is 2.39. The van der Waals surface area contributed by atoms with Crippen LogP contribution >= 0.6 is 0 Å². The Morgan fingerprint density at radius 2 is 1.63 bits per heavy atom. The van der Waals surface area contributed by atoms with Gasteiger partial charge in [-0.2, -0.15) is 0 Å². The number of fused-ring (bicyclic) bond motifs is 2. The van der Waals surface area contributed by atoms with E-state index in [9.17, 15) is 13.2 Å². The summed E-state index contributed by atoms with van der Waals surface area (Å²) in [6, 6.07) is 30.2. The summed E-state index contributed by atoms with van der Waals surface area (Å²) >= 11 is 0. The number of ether oxygens (including phenoxy) is 3. The Morgan fingerprint density at radius 1 is 0.935 bits per heavy atom. The van der Waals surface area contributed by atoms with Gasteiger partial charge in [-0.1, -0.05) is 84.6 Å². The number of aryl methyl sites for hydroxylation is 1. The first-order valence-electron chi connectivity index (χ1n) is 15.3. The van der Waals surface area contributed by atoms with Gasteiger partial charge >= 0.3 is 0 Å². The van der Waals surface area contributed by atoms with Crippen LogP contribution in [0.2, 0.25) is 0 Å². The minimum atomic E-state index is -3.91. The number of carbonyl (C=O) groups is 1. The summed E-state index contributed by atoms with van der Waals surface area (Å²) < 4.78 is 45.2. The maximum atomic E-state index is 13.0. The topological polar surface area (TPSA) is 85.4 Å². The molecule has 0 saturated carbocycles. The summed E-state index contributed by atoms with van der Waals surface area (Å²) in [5.41, 5.74) is 3.44. The fraction of sp³-hybridized carbons (Fsp3) is 0.270. The summed E-state index contributed by atoms with van der Waals surface area (Å²) in [6.45, 7) is 3.33. The Hall–Kier alpha value is -4.78. The van der Waals surface area contributed by atoms with Crippen molar-refractivity contribution in [3.8, 4) is 29.1 Å². The highest BCUT2D eigenvalue weighted by atomic mass is 32.2. The van der Waals surface area contributed by atoms with Crippen LogP contribution in [0.15, 0.2) is 102 Å². The van der Waals surface area contributed by atoms with Gasteiger partial charge in [0.05, 0.1) is 25.8 Å². The van der Waals surface area contributed by atoms with E-state index >= 15 is 0 Å². The van der Waals surface area contributed by atoms with Crippen molar-refractivity contribution >= 4 is 15.9 Å². The molecule has 0 bridgehead atoms. The molecule has 236 valence electrons. The van der Waals surface area contributed by atoms with Crippen LogP contribution in [0.5, 0.6) is 17.2 Å². The van der Waals surface area contributed by atoms with E-state index in [1.54, 1.807) is 19.2 Å². The van der Waals surface area contributed by atoms with Crippen molar-refractivity contribution < 1.29 is 27.4 Å². The van der Waals surface area contributed by atoms with Crippen molar-refractivity contribution in [1.82, 2.24) is 9.21 Å². The Kier molecular flexibility index (Phi) is 9.29. The van der Waals surface area contributed by atoms with Gasteiger partial charge in [0.15, 0.2) is 11.5 Å². The van der Waals surface area contributed by atoms with Gasteiger partial charge in [-0.15, -0.1) is 0 Å². The lowest BCUT2D eigenvalue weighted by atomic mass is 9.97. The molecule has 0 fully saturated rings. The zero-order chi connectivity index (χ0) is 32.1. The molecule has 6 rings (SSSR count). The van der Waals surface area contributed by atoms with E-state index in [1.165, 1.54) is 12.1 Å². The number of rotatable bonds is 10. The van der Waals surface area contributed by atoms with Crippen LogP contribution in [0.4, 0.5) is 0 Å². The lowest BCUT2D eigenvalue weighted by Crippen LogP contribution is -2.45. The minimum absolute atomic E-state index is 0.0279. The molecule has 8 nitrogen and oxygen atoms in total. The van der Waals surface area contributed by atoms with E-state index in [1.807, 2.05) is 60.7 Å². The predicted molar refractivity (Wildman–Crippen MR) is 175 cm³/mol. The predicted octanol–water partition coefficient (Wildman–Crippen LogP) is 5.71. The summed E-state index contributed by atoms with van der Waals surface area (Å²) in [5.74, 6) is 7.61. The van der Waals surface area contributed by atoms with E-state index in [-0.39, 0.29) is 29.1 Å². The van der Waals surface area contributed by atoms with Crippen molar-refractivity contribution in [3.05, 3.63) is 119 Å². The van der Waals surface area contributed by atoms with E-state index in [2.05, 4.69) is 35.8 Å². The Balaban J connectivity index is 1.17. The van der Waals surface area contributed by atoms with Crippen molar-refractivity contribution in [2.75, 3.05) is 20.2 Å². The molecule has 0 N–H and O–H groups in total. The van der Waals surface area contributed by atoms with E-state index in [0.29, 0.717) is 31.2 Å². The van der Waals surface area contributed by atoms with Crippen molar-refractivity contribution in [2.24, 2.45) is 0 Å². The molecule has 4 aromatic carbocycles. The maximum Gasteiger partial charge on any atom is 0.269 e. The minimum Gasteiger partial charge on any atom is -0.493 e. The van der Waals surface area contributed by atoms with Crippen molar-refractivity contribution in [1.29, 1.82) is 0 Å². The van der Waals surface area contributed by atoms with Crippen molar-refractivity contribution in [3.63, 3.8) is 0 Å². The lowest BCUT2D eigenvalue weighted by molar-refractivity contribution is 0.0646. The molecule has 2 aliphatic rings. The first-order chi connectivity index (χ1) is 22.3. The molecule has 46 heavy (non-hydrogen) atoms. The van der Waals surface area contributed by atoms with Crippen LogP contribution in [-0.4, -0.2) is 55.9 Å². The van der Waals surface area contributed by atoms with Crippen LogP contribution in [0.3, 0.4) is 0 Å². The Labute approximate surface area is 270 Å². The number of hydrogen-bond donors (Lipinski definition) is 0. The monoisotopic (exact) mass is 636 g/mol. The number of amides is 1. The van der Waals surface area contributed by atoms with Gasteiger partial charge in [0.25, 0.3) is 15.9 Å². The second kappa shape index (κ2) is 13.7. The lowest BCUT2D eigenvalue weighted by Gasteiger charge is -2.37. The van der Waals surface area contributed by atoms with Gasteiger partial charge in [0.2, 0.25) is 0 Å². The number of methoxy groups -OCH3 is 1. The Bertz CT molecular complexity index is 1870. The smallest absolute Gasteiger partial charge is 0.269 e. The van der Waals surface area contributed by atoms with Gasteiger partial charge in [-0.25, -0.2) is 12.7 Å². The molecule has 0 aromatic heterocycles. The zero-order valence-electron chi connectivity index (χ0n) is 25.9. The van der Waals surface area contributed by atoms with Crippen LogP contribution in [0, 0.1) is 11.8 Å². The fourth-order valence-corrected chi connectivity index (χ4v) is 7.30. The van der Waals surface area contributed by atoms with E-state index < -0.39 is 15.9 Å². The standard InChI is InChI=1S/C37H36N2O6S/c1-27(32-20-19-30-23-34(43-2)35(24-33(30)45-32)44-26-29-15-7-4-8-16-29)38(25-28-13-5-3-6-14-28)21-11-12-22-39-37(40)31-17-9-10-18-36(31)46(39,41)42/h3-10,13-18,23-24,27,32H,19-22,25-26H2,1-2H3/t27?,32-/m1/s1. The highest BCUT2D eigenvalue weighted by molar-refractivity contribution is 7.90. The summed E-state index contributed by atoms with van der Waals surface area (Å²) in [4.78, 5) is 15.1. The van der Waals surface area contributed by atoms with Gasteiger partial charge < -0.3 is 14.2 Å². The summed E-state index contributed by atoms with van der Waals surface area (Å²) in [5, 5.41) is 0. The second-order valence-electron chi connectivity index (χ2n) is 11.4. The molecule has 0 spiro atoms. The van der Waals surface area contributed by atoms with E-state index in [4.69, 9.17) is 14.2 Å². The number of hydrogen-bond acceptors (Lipinski definition) is 7. The highest BCUT2D eigenvalue weighted by Gasteiger charge is 2.40. The molecule has 0 aliphatic carbocycles. The molecular formula is C37H36N2O6S. The molecular weight excluding hydrogens is 600 g/mol. The van der Waals surface area contributed by atoms with Crippen molar-refractivity contribution in [2.45, 2.75) is 50.0 Å². The number of sulfonamides is 1. The van der Waals surface area contributed by atoms with Gasteiger partial charge in [0.1, 0.15) is 23.4 Å². The average molecular weight is 637 g/mol. The molecule has 0 saturated heterocycles. The zero-order valence-corrected chi connectivity index (χ0v) is 26.7. The average Bonchev–Trinajstić information content (AvgIpc) is 3.28. The molecule has 2 heterocycles. The molecule has 9 heteroatoms. The van der Waals surface area contributed by atoms with Gasteiger partial charge in [-0.3, -0.25) is 9.69 Å². The largest absolute Gasteiger partial charge is 0.493 e. The summed E-state index contributed by atoms with van der Waals surface area (Å²) in [7, 11) is -2.27. The van der Waals surface area contributed by atoms with Gasteiger partial charge in [0, 0.05) is 18.7 Å². The first kappa shape index (κ1) is 31.2. The molecule has 2 atom stereocenters. The molecule has 1 amide bonds. The van der Waals surface area contributed by atoms with Crippen LogP contribution in [0.1, 0.15) is 40.4 Å². The third kappa shape index (κ3) is 6.59. The summed E-state index contributed by atoms with van der Waals surface area (Å²) in [6.07, 6.45) is 1.50. The number of carbonyl (C=O) groups excluding carboxylic acids is 1. The SMILES string of the molecule is COc1cc2c(cc1OCc1ccccc1)O[C@@H](C(C)N(CC#CCN1C(=O)c3ccccc3S1(=O)=O)Cc1ccccc1)CC2. The molecule has 1 unspecified atom stereocenters. The number of nitrogens with zero attached hydrogens (tertiary/aromatic N) is 2.